The number of allylic oxidation sites excluding steroid dienone is 1. The van der Waals surface area contributed by atoms with Crippen molar-refractivity contribution in [3.8, 4) is 0 Å². The first-order valence-corrected chi connectivity index (χ1v) is 3.69. The largest absolute Gasteiger partial charge is 0.385 e. The van der Waals surface area contributed by atoms with Crippen LogP contribution in [0.4, 0.5) is 0 Å². The maximum absolute atomic E-state index is 9.82. The molecule has 0 unspecified atom stereocenters. The molecule has 0 aromatic carbocycles. The maximum Gasteiger partial charge on any atom is 0.0891 e. The third-order valence-electron chi connectivity index (χ3n) is 2.22. The van der Waals surface area contributed by atoms with Gasteiger partial charge in [-0.2, -0.15) is 0 Å². The van der Waals surface area contributed by atoms with E-state index in [1.54, 1.807) is 6.08 Å². The Morgan fingerprint density at radius 2 is 2.60 bits per heavy atom. The van der Waals surface area contributed by atoms with Crippen LogP contribution in [0, 0.1) is 0 Å². The quantitative estimate of drug-likeness (QED) is 0.579. The summed E-state index contributed by atoms with van der Waals surface area (Å²) in [5.41, 5.74) is 0.550. The van der Waals surface area contributed by atoms with E-state index in [4.69, 9.17) is 0 Å². The van der Waals surface area contributed by atoms with E-state index in [0.717, 1.165) is 18.4 Å². The average Bonchev–Trinajstić information content (AvgIpc) is 2.15. The molecule has 0 aliphatic heterocycles. The summed E-state index contributed by atoms with van der Waals surface area (Å²) in [4.78, 5) is 0. The lowest BCUT2D eigenvalue weighted by Crippen LogP contribution is -2.25. The number of hydrogen-bond acceptors (Lipinski definition) is 1. The molecule has 0 radical (unpaired) electrons. The van der Waals surface area contributed by atoms with Gasteiger partial charge >= 0.3 is 0 Å². The van der Waals surface area contributed by atoms with Gasteiger partial charge in [-0.1, -0.05) is 12.2 Å². The van der Waals surface area contributed by atoms with Crippen molar-refractivity contribution in [3.63, 3.8) is 0 Å². The standard InChI is InChI=1S/C9H14O/c1-3-6-9(10)7-4-5-8(9)2/h3,5,10H,1,4,6-7H2,2H3/t9-/m0/s1. The van der Waals surface area contributed by atoms with Crippen LogP contribution in [0.1, 0.15) is 26.2 Å². The summed E-state index contributed by atoms with van der Waals surface area (Å²) in [5, 5.41) is 9.82. The highest BCUT2D eigenvalue weighted by Gasteiger charge is 2.30. The van der Waals surface area contributed by atoms with Crippen molar-refractivity contribution in [2.75, 3.05) is 0 Å². The summed E-state index contributed by atoms with van der Waals surface area (Å²) in [7, 11) is 0. The fraction of sp³-hybridized carbons (Fsp3) is 0.556. The second-order valence-corrected chi connectivity index (χ2v) is 2.95. The first-order chi connectivity index (χ1) is 4.69. The van der Waals surface area contributed by atoms with Crippen LogP contribution >= 0.6 is 0 Å². The summed E-state index contributed by atoms with van der Waals surface area (Å²) in [5.74, 6) is 0. The smallest absolute Gasteiger partial charge is 0.0891 e. The first kappa shape index (κ1) is 7.55. The SMILES string of the molecule is C=CC[C@]1(O)CCC=C1C. The zero-order valence-corrected chi connectivity index (χ0v) is 6.43. The second kappa shape index (κ2) is 2.59. The highest BCUT2D eigenvalue weighted by molar-refractivity contribution is 5.21. The molecule has 0 spiro atoms. The van der Waals surface area contributed by atoms with E-state index < -0.39 is 5.60 Å². The van der Waals surface area contributed by atoms with Crippen molar-refractivity contribution in [2.45, 2.75) is 31.8 Å². The fourth-order valence-corrected chi connectivity index (χ4v) is 1.42. The van der Waals surface area contributed by atoms with Gasteiger partial charge in [-0.25, -0.2) is 0 Å². The molecule has 0 heterocycles. The average molecular weight is 138 g/mol. The Morgan fingerprint density at radius 1 is 1.90 bits per heavy atom. The molecule has 0 fully saturated rings. The molecule has 0 bridgehead atoms. The van der Waals surface area contributed by atoms with Crippen LogP contribution in [0.3, 0.4) is 0 Å². The van der Waals surface area contributed by atoms with Crippen LogP contribution in [0.2, 0.25) is 0 Å². The summed E-state index contributed by atoms with van der Waals surface area (Å²) >= 11 is 0. The molecule has 1 heteroatoms. The predicted octanol–water partition coefficient (Wildman–Crippen LogP) is 2.03. The minimum Gasteiger partial charge on any atom is -0.385 e. The molecule has 1 N–H and O–H groups in total. The third kappa shape index (κ3) is 1.14. The van der Waals surface area contributed by atoms with Crippen molar-refractivity contribution in [1.82, 2.24) is 0 Å². The summed E-state index contributed by atoms with van der Waals surface area (Å²) < 4.78 is 0. The van der Waals surface area contributed by atoms with Gasteiger partial charge < -0.3 is 5.11 Å². The Labute approximate surface area is 62.1 Å². The highest BCUT2D eigenvalue weighted by atomic mass is 16.3. The molecule has 56 valence electrons. The Morgan fingerprint density at radius 3 is 3.00 bits per heavy atom. The number of aliphatic hydroxyl groups is 1. The lowest BCUT2D eigenvalue weighted by molar-refractivity contribution is 0.0827. The number of hydrogen-bond donors (Lipinski definition) is 1. The lowest BCUT2D eigenvalue weighted by Gasteiger charge is -2.22. The minimum absolute atomic E-state index is 0.554. The lowest BCUT2D eigenvalue weighted by atomic mass is 9.93. The topological polar surface area (TPSA) is 20.2 Å². The van der Waals surface area contributed by atoms with Crippen molar-refractivity contribution in [3.05, 3.63) is 24.3 Å². The summed E-state index contributed by atoms with van der Waals surface area (Å²) in [6, 6.07) is 0. The van der Waals surface area contributed by atoms with Gasteiger partial charge in [0.1, 0.15) is 0 Å². The van der Waals surface area contributed by atoms with E-state index in [-0.39, 0.29) is 0 Å². The van der Waals surface area contributed by atoms with Gasteiger partial charge in [-0.3, -0.25) is 0 Å². The van der Waals surface area contributed by atoms with Gasteiger partial charge in [-0.05, 0) is 31.8 Å². The van der Waals surface area contributed by atoms with Gasteiger partial charge in [0.2, 0.25) is 0 Å². The molecule has 0 aromatic rings. The van der Waals surface area contributed by atoms with Crippen LogP contribution in [0.25, 0.3) is 0 Å². The molecular weight excluding hydrogens is 124 g/mol. The Kier molecular flexibility index (Phi) is 1.95. The zero-order chi connectivity index (χ0) is 7.61. The molecule has 1 aliphatic carbocycles. The molecular formula is C9H14O. The van der Waals surface area contributed by atoms with Crippen molar-refractivity contribution < 1.29 is 5.11 Å². The summed E-state index contributed by atoms with van der Waals surface area (Å²) in [6.07, 6.45) is 6.45. The number of rotatable bonds is 2. The van der Waals surface area contributed by atoms with Gasteiger partial charge in [0.15, 0.2) is 0 Å². The highest BCUT2D eigenvalue weighted by Crippen LogP contribution is 2.32. The summed E-state index contributed by atoms with van der Waals surface area (Å²) in [6.45, 7) is 5.60. The van der Waals surface area contributed by atoms with Crippen molar-refractivity contribution >= 4 is 0 Å². The zero-order valence-electron chi connectivity index (χ0n) is 6.43. The van der Waals surface area contributed by atoms with E-state index in [0.29, 0.717) is 6.42 Å². The maximum atomic E-state index is 9.82. The fourth-order valence-electron chi connectivity index (χ4n) is 1.42. The van der Waals surface area contributed by atoms with Crippen molar-refractivity contribution in [2.24, 2.45) is 0 Å². The van der Waals surface area contributed by atoms with Gasteiger partial charge in [0.05, 0.1) is 5.60 Å². The van der Waals surface area contributed by atoms with E-state index in [1.807, 2.05) is 6.92 Å². The molecule has 0 saturated heterocycles. The van der Waals surface area contributed by atoms with Gasteiger partial charge in [0, 0.05) is 0 Å². The minimum atomic E-state index is -0.554. The molecule has 1 aliphatic rings. The van der Waals surface area contributed by atoms with Crippen LogP contribution in [0.5, 0.6) is 0 Å². The molecule has 10 heavy (non-hydrogen) atoms. The molecule has 1 nitrogen and oxygen atoms in total. The monoisotopic (exact) mass is 138 g/mol. The van der Waals surface area contributed by atoms with Crippen LogP contribution in [-0.4, -0.2) is 10.7 Å². The third-order valence-corrected chi connectivity index (χ3v) is 2.22. The van der Waals surface area contributed by atoms with Crippen LogP contribution in [-0.2, 0) is 0 Å². The molecule has 0 aromatic heterocycles. The molecule has 0 amide bonds. The molecule has 1 rings (SSSR count). The first-order valence-electron chi connectivity index (χ1n) is 3.69. The Balaban J connectivity index is 2.68. The van der Waals surface area contributed by atoms with Gasteiger partial charge in [0.25, 0.3) is 0 Å². The van der Waals surface area contributed by atoms with E-state index in [2.05, 4.69) is 12.7 Å². The van der Waals surface area contributed by atoms with E-state index in [1.165, 1.54) is 0 Å². The van der Waals surface area contributed by atoms with Crippen LogP contribution < -0.4 is 0 Å². The second-order valence-electron chi connectivity index (χ2n) is 2.95. The molecule has 0 saturated carbocycles. The molecule has 1 atom stereocenters. The Bertz CT molecular complexity index is 170. The van der Waals surface area contributed by atoms with E-state index in [9.17, 15) is 5.11 Å². The van der Waals surface area contributed by atoms with Gasteiger partial charge in [-0.15, -0.1) is 6.58 Å². The predicted molar refractivity (Wildman–Crippen MR) is 42.8 cm³/mol. The normalized spacial score (nSPS) is 32.0. The van der Waals surface area contributed by atoms with Crippen molar-refractivity contribution in [1.29, 1.82) is 0 Å². The van der Waals surface area contributed by atoms with E-state index >= 15 is 0 Å². The Hall–Kier alpha value is -0.560. The van der Waals surface area contributed by atoms with Crippen LogP contribution in [0.15, 0.2) is 24.3 Å².